The number of benzene rings is 1. The Kier molecular flexibility index (Phi) is 6.46. The maximum atomic E-state index is 13.8. The molecule has 0 unspecified atom stereocenters. The Balaban J connectivity index is 1.92. The SMILES string of the molecule is COCCNC(=O)[C@@H](C)OC(=O)[C@H]1CC(=O)N(c2ccccc2F)C1. The molecule has 25 heavy (non-hydrogen) atoms. The van der Waals surface area contributed by atoms with Gasteiger partial charge in [0.15, 0.2) is 6.10 Å². The molecule has 1 fully saturated rings. The molecule has 1 heterocycles. The summed E-state index contributed by atoms with van der Waals surface area (Å²) in [5, 5.41) is 2.56. The fourth-order valence-corrected chi connectivity index (χ4v) is 2.51. The minimum absolute atomic E-state index is 0.0244. The van der Waals surface area contributed by atoms with Crippen molar-refractivity contribution in [2.75, 3.05) is 31.7 Å². The highest BCUT2D eigenvalue weighted by molar-refractivity contribution is 5.99. The molecule has 0 spiro atoms. The minimum Gasteiger partial charge on any atom is -0.452 e. The lowest BCUT2D eigenvalue weighted by atomic mass is 10.1. The van der Waals surface area contributed by atoms with Crippen LogP contribution in [0.4, 0.5) is 10.1 Å². The molecule has 2 rings (SSSR count). The second-order valence-corrected chi connectivity index (χ2v) is 5.72. The molecule has 1 aromatic carbocycles. The molecule has 0 bridgehead atoms. The molecule has 1 aliphatic heterocycles. The average Bonchev–Trinajstić information content (AvgIpc) is 2.97. The number of amides is 2. The van der Waals surface area contributed by atoms with Crippen LogP contribution in [0.25, 0.3) is 0 Å². The fourth-order valence-electron chi connectivity index (χ4n) is 2.51. The van der Waals surface area contributed by atoms with Crippen LogP contribution in [0, 0.1) is 11.7 Å². The lowest BCUT2D eigenvalue weighted by Crippen LogP contribution is -2.38. The molecular weight excluding hydrogens is 331 g/mol. The molecule has 1 N–H and O–H groups in total. The molecule has 1 aromatic rings. The van der Waals surface area contributed by atoms with E-state index in [9.17, 15) is 18.8 Å². The van der Waals surface area contributed by atoms with E-state index in [1.807, 2.05) is 0 Å². The van der Waals surface area contributed by atoms with Gasteiger partial charge in [-0.3, -0.25) is 14.4 Å². The van der Waals surface area contributed by atoms with Crippen molar-refractivity contribution in [2.24, 2.45) is 5.92 Å². The fraction of sp³-hybridized carbons (Fsp3) is 0.471. The predicted octanol–water partition coefficient (Wildman–Crippen LogP) is 0.873. The Morgan fingerprint density at radius 3 is 2.80 bits per heavy atom. The Bertz CT molecular complexity index is 652. The van der Waals surface area contributed by atoms with Crippen molar-refractivity contribution in [3.8, 4) is 0 Å². The number of esters is 1. The van der Waals surface area contributed by atoms with Gasteiger partial charge in [-0.1, -0.05) is 12.1 Å². The van der Waals surface area contributed by atoms with Crippen LogP contribution in [-0.2, 0) is 23.9 Å². The lowest BCUT2D eigenvalue weighted by molar-refractivity contribution is -0.158. The number of anilines is 1. The highest BCUT2D eigenvalue weighted by atomic mass is 19.1. The Labute approximate surface area is 145 Å². The molecule has 2 amide bonds. The summed E-state index contributed by atoms with van der Waals surface area (Å²) in [6.45, 7) is 2.13. The van der Waals surface area contributed by atoms with Crippen molar-refractivity contribution in [1.29, 1.82) is 0 Å². The van der Waals surface area contributed by atoms with Crippen LogP contribution < -0.4 is 10.2 Å². The number of hydrogen-bond donors (Lipinski definition) is 1. The maximum Gasteiger partial charge on any atom is 0.312 e. The van der Waals surface area contributed by atoms with Crippen LogP contribution >= 0.6 is 0 Å². The van der Waals surface area contributed by atoms with Gasteiger partial charge in [0.2, 0.25) is 5.91 Å². The summed E-state index contributed by atoms with van der Waals surface area (Å²) in [6.07, 6.45) is -1.06. The maximum absolute atomic E-state index is 13.8. The number of rotatable bonds is 7. The summed E-state index contributed by atoms with van der Waals surface area (Å²) in [5.41, 5.74) is 0.133. The number of hydrogen-bond acceptors (Lipinski definition) is 5. The van der Waals surface area contributed by atoms with Gasteiger partial charge in [-0.15, -0.1) is 0 Å². The molecule has 0 aliphatic carbocycles. The van der Waals surface area contributed by atoms with E-state index >= 15 is 0 Å². The summed E-state index contributed by atoms with van der Waals surface area (Å²) >= 11 is 0. The molecule has 2 atom stereocenters. The largest absolute Gasteiger partial charge is 0.452 e. The molecule has 136 valence electrons. The van der Waals surface area contributed by atoms with Crippen LogP contribution in [0.15, 0.2) is 24.3 Å². The van der Waals surface area contributed by atoms with Crippen molar-refractivity contribution < 1.29 is 28.2 Å². The molecule has 1 saturated heterocycles. The highest BCUT2D eigenvalue weighted by Gasteiger charge is 2.38. The van der Waals surface area contributed by atoms with Crippen LogP contribution in [0.1, 0.15) is 13.3 Å². The van der Waals surface area contributed by atoms with E-state index in [1.54, 1.807) is 6.07 Å². The second kappa shape index (κ2) is 8.57. The molecule has 7 nitrogen and oxygen atoms in total. The molecule has 0 radical (unpaired) electrons. The summed E-state index contributed by atoms with van der Waals surface area (Å²) in [7, 11) is 1.51. The normalized spacial score (nSPS) is 18.1. The third-order valence-electron chi connectivity index (χ3n) is 3.87. The topological polar surface area (TPSA) is 84.9 Å². The zero-order valence-electron chi connectivity index (χ0n) is 14.2. The van der Waals surface area contributed by atoms with E-state index in [4.69, 9.17) is 9.47 Å². The number of halogens is 1. The van der Waals surface area contributed by atoms with Crippen molar-refractivity contribution >= 4 is 23.5 Å². The van der Waals surface area contributed by atoms with Gasteiger partial charge in [0.05, 0.1) is 18.2 Å². The van der Waals surface area contributed by atoms with E-state index in [0.29, 0.717) is 13.2 Å². The number of carbonyl (C=O) groups excluding carboxylic acids is 3. The van der Waals surface area contributed by atoms with Crippen molar-refractivity contribution in [1.82, 2.24) is 5.32 Å². The first-order chi connectivity index (χ1) is 11.9. The average molecular weight is 352 g/mol. The standard InChI is InChI=1S/C17H21FN2O5/c1-11(16(22)19-7-8-24-2)25-17(23)12-9-15(21)20(10-12)14-6-4-3-5-13(14)18/h3-6,11-12H,7-10H2,1-2H3,(H,19,22)/t11-,12+/m1/s1. The van der Waals surface area contributed by atoms with E-state index in [-0.39, 0.29) is 24.6 Å². The minimum atomic E-state index is -0.984. The van der Waals surface area contributed by atoms with Crippen molar-refractivity contribution in [3.63, 3.8) is 0 Å². The van der Waals surface area contributed by atoms with E-state index in [2.05, 4.69) is 5.32 Å². The van der Waals surface area contributed by atoms with Crippen molar-refractivity contribution in [2.45, 2.75) is 19.4 Å². The van der Waals surface area contributed by atoms with Gasteiger partial charge in [0.1, 0.15) is 5.82 Å². The van der Waals surface area contributed by atoms with Crippen LogP contribution in [0.2, 0.25) is 0 Å². The lowest BCUT2D eigenvalue weighted by Gasteiger charge is -2.18. The van der Waals surface area contributed by atoms with Crippen LogP contribution in [-0.4, -0.2) is 50.7 Å². The summed E-state index contributed by atoms with van der Waals surface area (Å²) in [5.74, 6) is -2.72. The van der Waals surface area contributed by atoms with E-state index in [0.717, 1.165) is 0 Å². The van der Waals surface area contributed by atoms with Gasteiger partial charge >= 0.3 is 5.97 Å². The number of carbonyl (C=O) groups is 3. The summed E-state index contributed by atoms with van der Waals surface area (Å²) in [4.78, 5) is 37.3. The summed E-state index contributed by atoms with van der Waals surface area (Å²) in [6, 6.07) is 5.87. The third-order valence-corrected chi connectivity index (χ3v) is 3.87. The monoisotopic (exact) mass is 352 g/mol. The molecule has 0 aromatic heterocycles. The smallest absolute Gasteiger partial charge is 0.312 e. The predicted molar refractivity (Wildman–Crippen MR) is 87.3 cm³/mol. The zero-order valence-corrected chi connectivity index (χ0v) is 14.2. The number of para-hydroxylation sites is 1. The first-order valence-electron chi connectivity index (χ1n) is 7.96. The van der Waals surface area contributed by atoms with E-state index in [1.165, 1.54) is 37.1 Å². The Hall–Kier alpha value is -2.48. The third kappa shape index (κ3) is 4.76. The molecule has 0 saturated carbocycles. The second-order valence-electron chi connectivity index (χ2n) is 5.72. The molecule has 8 heteroatoms. The first kappa shape index (κ1) is 18.9. The van der Waals surface area contributed by atoms with Crippen molar-refractivity contribution in [3.05, 3.63) is 30.1 Å². The van der Waals surface area contributed by atoms with Gasteiger partial charge in [-0.05, 0) is 19.1 Å². The molecular formula is C17H21FN2O5. The quantitative estimate of drug-likeness (QED) is 0.581. The van der Waals surface area contributed by atoms with Gasteiger partial charge in [0.25, 0.3) is 5.91 Å². The van der Waals surface area contributed by atoms with Crippen LogP contribution in [0.3, 0.4) is 0 Å². The first-order valence-corrected chi connectivity index (χ1v) is 7.96. The number of ether oxygens (including phenoxy) is 2. The van der Waals surface area contributed by atoms with Gasteiger partial charge in [-0.2, -0.15) is 0 Å². The highest BCUT2D eigenvalue weighted by Crippen LogP contribution is 2.28. The number of methoxy groups -OCH3 is 1. The van der Waals surface area contributed by atoms with Gasteiger partial charge < -0.3 is 19.7 Å². The number of nitrogens with zero attached hydrogens (tertiary/aromatic N) is 1. The number of nitrogens with one attached hydrogen (secondary N) is 1. The van der Waals surface area contributed by atoms with Gasteiger partial charge in [0, 0.05) is 26.6 Å². The molecule has 1 aliphatic rings. The van der Waals surface area contributed by atoms with E-state index < -0.39 is 29.7 Å². The van der Waals surface area contributed by atoms with Gasteiger partial charge in [-0.25, -0.2) is 4.39 Å². The van der Waals surface area contributed by atoms with Crippen LogP contribution in [0.5, 0.6) is 0 Å². The summed E-state index contributed by atoms with van der Waals surface area (Å²) < 4.78 is 23.8. The Morgan fingerprint density at radius 2 is 2.12 bits per heavy atom. The zero-order chi connectivity index (χ0) is 18.4. The Morgan fingerprint density at radius 1 is 1.40 bits per heavy atom.